The molecule has 3 aromatic heterocycles. The maximum Gasteiger partial charge on any atom is 0.469 e. The fraction of sp³-hybridized carbons (Fsp3) is 0.517. The first-order valence-corrected chi connectivity index (χ1v) is 21.0. The first-order chi connectivity index (χ1) is 26.8. The lowest BCUT2D eigenvalue weighted by Crippen LogP contribution is -2.47. The van der Waals surface area contributed by atoms with E-state index in [2.05, 4.69) is 36.4 Å². The third-order valence-electron chi connectivity index (χ3n) is 8.69. The third-order valence-corrected chi connectivity index (χ3v) is 11.7. The molecule has 0 saturated carbocycles. The average molecular weight is 864 g/mol. The highest BCUT2D eigenvalue weighted by Gasteiger charge is 2.56. The fourth-order valence-electron chi connectivity index (χ4n) is 6.00. The topological polar surface area (TPSA) is 375 Å². The summed E-state index contributed by atoms with van der Waals surface area (Å²) in [6.07, 6.45) is -6.48. The van der Waals surface area contributed by atoms with Crippen molar-refractivity contribution in [1.82, 2.24) is 34.4 Å². The number of thioether (sulfide) groups is 1. The molecule has 312 valence electrons. The second-order valence-electron chi connectivity index (χ2n) is 12.5. The largest absolute Gasteiger partial charge is 0.469 e. The summed E-state index contributed by atoms with van der Waals surface area (Å²) in [7, 11) is -10.5. The molecule has 3 aromatic rings. The van der Waals surface area contributed by atoms with Crippen molar-refractivity contribution in [3.8, 4) is 0 Å². The molecule has 0 bridgehead atoms. The van der Waals surface area contributed by atoms with Crippen molar-refractivity contribution in [2.45, 2.75) is 73.9 Å². The Morgan fingerprint density at radius 3 is 2.40 bits per heavy atom. The Morgan fingerprint density at radius 1 is 1.05 bits per heavy atom. The van der Waals surface area contributed by atoms with E-state index in [1.54, 1.807) is 0 Å². The lowest BCUT2D eigenvalue weighted by molar-refractivity contribution is -0.160. The van der Waals surface area contributed by atoms with Crippen molar-refractivity contribution in [2.75, 3.05) is 30.9 Å². The van der Waals surface area contributed by atoms with Crippen LogP contribution in [-0.4, -0.2) is 133 Å². The van der Waals surface area contributed by atoms with Crippen LogP contribution in [0, 0.1) is 0 Å². The van der Waals surface area contributed by atoms with Crippen LogP contribution in [-0.2, 0) is 46.8 Å². The van der Waals surface area contributed by atoms with Crippen molar-refractivity contribution in [3.05, 3.63) is 48.1 Å². The zero-order chi connectivity index (χ0) is 41.8. The monoisotopic (exact) mass is 863 g/mol. The number of ether oxygens (including phenoxy) is 3. The van der Waals surface area contributed by atoms with Crippen molar-refractivity contribution in [3.63, 3.8) is 0 Å². The Morgan fingerprint density at radius 2 is 1.74 bits per heavy atom. The molecular formula is C29H39N9O16P2S. The molecule has 0 aliphatic carbocycles. The quantitative estimate of drug-likeness (QED) is 0.0417. The van der Waals surface area contributed by atoms with Gasteiger partial charge < -0.3 is 60.4 Å². The van der Waals surface area contributed by atoms with E-state index in [1.165, 1.54) is 23.2 Å². The molecule has 2 fully saturated rings. The van der Waals surface area contributed by atoms with Gasteiger partial charge in [0.15, 0.2) is 35.1 Å². The molecule has 5 heterocycles. The molecule has 0 spiro atoms. The lowest BCUT2D eigenvalue weighted by Gasteiger charge is -2.27. The van der Waals surface area contributed by atoms with Gasteiger partial charge in [-0.05, 0) is 18.7 Å². The number of aliphatic hydroxyl groups excluding tert-OH is 2. The van der Waals surface area contributed by atoms with Crippen LogP contribution in [0.15, 0.2) is 42.4 Å². The van der Waals surface area contributed by atoms with Gasteiger partial charge in [0.05, 0.1) is 19.5 Å². The van der Waals surface area contributed by atoms with Crippen molar-refractivity contribution >= 4 is 67.0 Å². The molecule has 0 radical (unpaired) electrons. The molecule has 25 nitrogen and oxygen atoms in total. The number of hydrogen-bond acceptors (Lipinski definition) is 20. The molecular weight excluding hydrogens is 824 g/mol. The number of imidazole rings is 1. The number of carbonyl (C=O) groups excluding carboxylic acids is 3. The smallest absolute Gasteiger partial charge is 0.455 e. The number of carbonyl (C=O) groups is 3. The molecule has 57 heavy (non-hydrogen) atoms. The summed E-state index contributed by atoms with van der Waals surface area (Å²) in [5.74, 6) is -2.06. The molecule has 2 saturated heterocycles. The number of aromatic nitrogens is 6. The Balaban J connectivity index is 1.45. The van der Waals surface area contributed by atoms with Gasteiger partial charge in [-0.1, -0.05) is 17.8 Å². The number of nitrogens with zero attached hydrogens (tertiary/aromatic N) is 6. The van der Waals surface area contributed by atoms with Crippen LogP contribution in [0.4, 0.5) is 11.6 Å². The summed E-state index contributed by atoms with van der Waals surface area (Å²) in [5, 5.41) is 24.7. The van der Waals surface area contributed by atoms with Crippen LogP contribution in [0.5, 0.6) is 0 Å². The number of phosphoric ester groups is 1. The second-order valence-corrected chi connectivity index (χ2v) is 16.6. The van der Waals surface area contributed by atoms with Crippen LogP contribution >= 0.6 is 27.2 Å². The third kappa shape index (κ3) is 10.3. The minimum absolute atomic E-state index is 0.0336. The highest BCUT2D eigenvalue weighted by Crippen LogP contribution is 2.56. The van der Waals surface area contributed by atoms with Crippen LogP contribution in [0.2, 0.25) is 0 Å². The Hall–Kier alpha value is -4.17. The van der Waals surface area contributed by atoms with Gasteiger partial charge in [-0.25, -0.2) is 29.1 Å². The fourth-order valence-corrected chi connectivity index (χ4v) is 8.32. The number of nitrogens with two attached hydrogens (primary N) is 2. The predicted octanol–water partition coefficient (Wildman–Crippen LogP) is -1.91. The predicted molar refractivity (Wildman–Crippen MR) is 194 cm³/mol. The molecule has 1 unspecified atom stereocenters. The second kappa shape index (κ2) is 18.2. The van der Waals surface area contributed by atoms with Gasteiger partial charge in [0.25, 0.3) is 0 Å². The van der Waals surface area contributed by atoms with E-state index in [9.17, 15) is 53.2 Å². The molecule has 1 amide bonds. The molecule has 0 aromatic carbocycles. The minimum atomic E-state index is -5.29. The molecule has 2 aliphatic rings. The zero-order valence-corrected chi connectivity index (χ0v) is 32.3. The van der Waals surface area contributed by atoms with Gasteiger partial charge >= 0.3 is 27.1 Å². The number of nitrogen functional groups attached to an aromatic ring is 2. The van der Waals surface area contributed by atoms with Gasteiger partial charge in [0.1, 0.15) is 53.8 Å². The maximum atomic E-state index is 14.0. The summed E-state index contributed by atoms with van der Waals surface area (Å²) in [5.41, 5.74) is 8.48. The van der Waals surface area contributed by atoms with Gasteiger partial charge in [-0.15, -0.1) is 6.58 Å². The number of allylic oxidation sites excluding steroid dienone is 1. The normalized spacial score (nSPS) is 26.5. The standard InChI is InChI=1S/C29H39N9O16P2S/c1-3-4-5-17(39)35-13(8-18(40)57-2)28(43)54-22-14(52-26(20(22)41)38-12-34-19-24(31)32-11-33-25(19)38)9-50-55(45,46)23-15(10-51-56(47,48)49)53-27(21(23)42)37-7-6-16(30)36-29(37)44/h3,6-7,11-15,20-23,26-27,41-42H,1,4-5,8-10H2,2H3,(H,35,39)(H,45,46)(H2,30,36,44)(H2,31,32,33)(H2,47,48,49)/t13-,14+,15+,20+,21+,22+,23+,26+,27+/m0/s1. The van der Waals surface area contributed by atoms with E-state index in [-0.39, 0.29) is 35.6 Å². The number of amides is 1. The number of rotatable bonds is 17. The van der Waals surface area contributed by atoms with Crippen LogP contribution in [0.1, 0.15) is 31.7 Å². The van der Waals surface area contributed by atoms with E-state index >= 15 is 0 Å². The number of aliphatic hydroxyl groups is 2. The lowest BCUT2D eigenvalue weighted by atomic mass is 10.1. The van der Waals surface area contributed by atoms with Crippen molar-refractivity contribution in [2.24, 2.45) is 0 Å². The van der Waals surface area contributed by atoms with Gasteiger partial charge in [0.2, 0.25) is 5.91 Å². The average Bonchev–Trinajstić information content (AvgIpc) is 3.82. The summed E-state index contributed by atoms with van der Waals surface area (Å²) in [6.45, 7) is 1.46. The van der Waals surface area contributed by atoms with Gasteiger partial charge in [0, 0.05) is 19.0 Å². The number of nitrogens with one attached hydrogen (secondary N) is 1. The Bertz CT molecular complexity index is 2140. The number of fused-ring (bicyclic) bond motifs is 1. The minimum Gasteiger partial charge on any atom is -0.455 e. The molecule has 28 heteroatoms. The van der Waals surface area contributed by atoms with E-state index in [0.717, 1.165) is 30.4 Å². The summed E-state index contributed by atoms with van der Waals surface area (Å²) >= 11 is 0.778. The van der Waals surface area contributed by atoms with E-state index in [4.69, 9.17) is 30.2 Å². The maximum absolute atomic E-state index is 14.0. The Kier molecular flexibility index (Phi) is 14.0. The van der Waals surface area contributed by atoms with Crippen LogP contribution in [0.3, 0.4) is 0 Å². The van der Waals surface area contributed by atoms with Crippen molar-refractivity contribution in [1.29, 1.82) is 0 Å². The van der Waals surface area contributed by atoms with Crippen LogP contribution in [0.25, 0.3) is 11.2 Å². The summed E-state index contributed by atoms with van der Waals surface area (Å²) in [4.78, 5) is 96.7. The molecule has 5 rings (SSSR count). The SMILES string of the molecule is C=CCCC(=O)N[C@@H](CC(=O)SC)C(=O)O[C@H]1[C@@H](O)[C@H](n2cnc3c(N)ncnc32)O[C@@H]1COP(=O)(O)[C@H]1[C@@H](O)[C@H](n2ccc(N)nc2=O)O[C@@H]1COP(=O)(O)O. The molecule has 2 aliphatic heterocycles. The van der Waals surface area contributed by atoms with E-state index in [1.807, 2.05) is 0 Å². The highest BCUT2D eigenvalue weighted by atomic mass is 32.2. The number of esters is 1. The first kappa shape index (κ1) is 43.9. The van der Waals surface area contributed by atoms with Gasteiger partial charge in [-0.3, -0.25) is 27.8 Å². The number of hydrogen-bond donors (Lipinski definition) is 8. The van der Waals surface area contributed by atoms with Gasteiger partial charge in [-0.2, -0.15) is 4.98 Å². The molecule has 10 N–H and O–H groups in total. The first-order valence-electron chi connectivity index (χ1n) is 16.6. The Labute approximate surface area is 325 Å². The summed E-state index contributed by atoms with van der Waals surface area (Å²) < 4.78 is 54.6. The number of phosphoric acid groups is 1. The van der Waals surface area contributed by atoms with E-state index in [0.29, 0.717) is 4.57 Å². The van der Waals surface area contributed by atoms with Crippen molar-refractivity contribution < 1.29 is 71.7 Å². The zero-order valence-electron chi connectivity index (χ0n) is 29.7. The van der Waals surface area contributed by atoms with Crippen LogP contribution < -0.4 is 22.5 Å². The molecule has 10 atom stereocenters. The summed E-state index contributed by atoms with van der Waals surface area (Å²) in [6, 6.07) is -0.399. The highest BCUT2D eigenvalue weighted by molar-refractivity contribution is 8.13. The van der Waals surface area contributed by atoms with E-state index < -0.39 is 112 Å². The number of anilines is 2.